The first kappa shape index (κ1) is 20.9. The van der Waals surface area contributed by atoms with E-state index in [1.807, 2.05) is 31.2 Å². The minimum absolute atomic E-state index is 0.00369. The first-order chi connectivity index (χ1) is 13.8. The molecule has 3 rings (SSSR count). The molecular weight excluding hydrogens is 392 g/mol. The molecule has 0 bridgehead atoms. The van der Waals surface area contributed by atoms with Gasteiger partial charge >= 0.3 is 0 Å². The van der Waals surface area contributed by atoms with Gasteiger partial charge in [0.25, 0.3) is 5.91 Å². The van der Waals surface area contributed by atoms with E-state index in [0.717, 1.165) is 17.7 Å². The zero-order valence-corrected chi connectivity index (χ0v) is 17.2. The molecule has 1 heterocycles. The number of sulfone groups is 1. The lowest BCUT2D eigenvalue weighted by Crippen LogP contribution is -2.32. The summed E-state index contributed by atoms with van der Waals surface area (Å²) in [5, 5.41) is 2.77. The largest absolute Gasteiger partial charge is 0.494 e. The highest BCUT2D eigenvalue weighted by atomic mass is 32.2. The van der Waals surface area contributed by atoms with E-state index in [1.54, 1.807) is 17.0 Å². The third-order valence-electron chi connectivity index (χ3n) is 4.75. The molecule has 1 aliphatic heterocycles. The smallest absolute Gasteiger partial charge is 0.252 e. The van der Waals surface area contributed by atoms with Crippen molar-refractivity contribution in [3.8, 4) is 5.75 Å². The molecule has 1 unspecified atom stereocenters. The second-order valence-electron chi connectivity index (χ2n) is 6.98. The summed E-state index contributed by atoms with van der Waals surface area (Å²) < 4.78 is 29.2. The van der Waals surface area contributed by atoms with E-state index in [4.69, 9.17) is 4.74 Å². The van der Waals surface area contributed by atoms with Crippen LogP contribution in [0.5, 0.6) is 5.75 Å². The van der Waals surface area contributed by atoms with Crippen LogP contribution < -0.4 is 15.0 Å². The maximum Gasteiger partial charge on any atom is 0.252 e. The van der Waals surface area contributed by atoms with Crippen LogP contribution in [0.3, 0.4) is 0 Å². The summed E-state index contributed by atoms with van der Waals surface area (Å²) in [4.78, 5) is 26.6. The van der Waals surface area contributed by atoms with Crippen molar-refractivity contribution in [2.45, 2.75) is 18.2 Å². The maximum absolute atomic E-state index is 12.5. The lowest BCUT2D eigenvalue weighted by atomic mass is 10.1. The Morgan fingerprint density at radius 2 is 1.86 bits per heavy atom. The molecule has 154 valence electrons. The number of nitrogens with zero attached hydrogens (tertiary/aromatic N) is 1. The molecule has 0 spiro atoms. The van der Waals surface area contributed by atoms with Crippen molar-refractivity contribution in [1.82, 2.24) is 5.32 Å². The lowest BCUT2D eigenvalue weighted by Gasteiger charge is -2.17. The Labute approximate surface area is 170 Å². The SMILES string of the molecule is CCOc1ccc(N2CC(CNC(=O)c3ccccc3S(C)(=O)=O)CC2=O)cc1. The third kappa shape index (κ3) is 4.95. The fraction of sp³-hybridized carbons (Fsp3) is 0.333. The monoisotopic (exact) mass is 416 g/mol. The molecule has 0 aromatic heterocycles. The Kier molecular flexibility index (Phi) is 6.22. The summed E-state index contributed by atoms with van der Waals surface area (Å²) in [6.45, 7) is 3.26. The Bertz CT molecular complexity index is 1000. The number of carbonyl (C=O) groups excluding carboxylic acids is 2. The maximum atomic E-state index is 12.5. The number of nitrogens with one attached hydrogen (secondary N) is 1. The highest BCUT2D eigenvalue weighted by molar-refractivity contribution is 7.90. The highest BCUT2D eigenvalue weighted by Crippen LogP contribution is 2.26. The van der Waals surface area contributed by atoms with E-state index in [0.29, 0.717) is 19.6 Å². The molecule has 8 heteroatoms. The van der Waals surface area contributed by atoms with E-state index in [1.165, 1.54) is 12.1 Å². The number of hydrogen-bond acceptors (Lipinski definition) is 5. The Hall–Kier alpha value is -2.87. The summed E-state index contributed by atoms with van der Waals surface area (Å²) >= 11 is 0. The van der Waals surface area contributed by atoms with Crippen LogP contribution in [-0.2, 0) is 14.6 Å². The number of rotatable bonds is 7. The number of anilines is 1. The summed E-state index contributed by atoms with van der Waals surface area (Å²) in [5.41, 5.74) is 0.900. The minimum Gasteiger partial charge on any atom is -0.494 e. The number of ether oxygens (including phenoxy) is 1. The van der Waals surface area contributed by atoms with Crippen LogP contribution >= 0.6 is 0 Å². The van der Waals surface area contributed by atoms with E-state index in [2.05, 4.69) is 5.32 Å². The van der Waals surface area contributed by atoms with Gasteiger partial charge in [0.1, 0.15) is 5.75 Å². The van der Waals surface area contributed by atoms with E-state index < -0.39 is 15.7 Å². The topological polar surface area (TPSA) is 92.8 Å². The van der Waals surface area contributed by atoms with Gasteiger partial charge in [0.15, 0.2) is 9.84 Å². The van der Waals surface area contributed by atoms with Crippen LogP contribution in [0.15, 0.2) is 53.4 Å². The van der Waals surface area contributed by atoms with E-state index in [-0.39, 0.29) is 28.8 Å². The molecule has 1 atom stereocenters. The van der Waals surface area contributed by atoms with Gasteiger partial charge in [-0.2, -0.15) is 0 Å². The number of benzene rings is 2. The van der Waals surface area contributed by atoms with Crippen molar-refractivity contribution in [2.24, 2.45) is 5.92 Å². The van der Waals surface area contributed by atoms with Gasteiger partial charge in [0, 0.05) is 37.4 Å². The van der Waals surface area contributed by atoms with Crippen LogP contribution in [0.2, 0.25) is 0 Å². The lowest BCUT2D eigenvalue weighted by molar-refractivity contribution is -0.117. The average molecular weight is 416 g/mol. The molecule has 0 aliphatic carbocycles. The highest BCUT2D eigenvalue weighted by Gasteiger charge is 2.31. The van der Waals surface area contributed by atoms with Gasteiger partial charge in [-0.1, -0.05) is 12.1 Å². The second kappa shape index (κ2) is 8.65. The molecule has 2 amide bonds. The first-order valence-electron chi connectivity index (χ1n) is 9.40. The molecule has 1 fully saturated rings. The predicted molar refractivity (Wildman–Crippen MR) is 110 cm³/mol. The van der Waals surface area contributed by atoms with E-state index >= 15 is 0 Å². The van der Waals surface area contributed by atoms with E-state index in [9.17, 15) is 18.0 Å². The van der Waals surface area contributed by atoms with Crippen LogP contribution in [-0.4, -0.2) is 46.2 Å². The molecule has 2 aromatic carbocycles. The molecule has 1 aliphatic rings. The van der Waals surface area contributed by atoms with Gasteiger partial charge in [0.2, 0.25) is 5.91 Å². The normalized spacial score (nSPS) is 16.7. The van der Waals surface area contributed by atoms with Crippen LogP contribution in [0.25, 0.3) is 0 Å². The van der Waals surface area contributed by atoms with Crippen LogP contribution in [0.1, 0.15) is 23.7 Å². The van der Waals surface area contributed by atoms with Gasteiger partial charge in [-0.3, -0.25) is 9.59 Å². The van der Waals surface area contributed by atoms with Gasteiger partial charge < -0.3 is 15.0 Å². The van der Waals surface area contributed by atoms with Crippen molar-refractivity contribution in [3.63, 3.8) is 0 Å². The van der Waals surface area contributed by atoms with Crippen molar-refractivity contribution in [3.05, 3.63) is 54.1 Å². The minimum atomic E-state index is -3.51. The Balaban J connectivity index is 1.63. The number of amides is 2. The van der Waals surface area contributed by atoms with Gasteiger partial charge in [-0.15, -0.1) is 0 Å². The van der Waals surface area contributed by atoms with Crippen molar-refractivity contribution in [2.75, 3.05) is 30.9 Å². The fourth-order valence-corrected chi connectivity index (χ4v) is 4.25. The number of carbonyl (C=O) groups is 2. The first-order valence-corrected chi connectivity index (χ1v) is 11.3. The Morgan fingerprint density at radius 1 is 1.17 bits per heavy atom. The predicted octanol–water partition coefficient (Wildman–Crippen LogP) is 2.27. The standard InChI is InChI=1S/C21H24N2O5S/c1-3-28-17-10-8-16(9-11-17)23-14-15(12-20(23)24)13-22-21(25)18-6-4-5-7-19(18)29(2,26)27/h4-11,15H,3,12-14H2,1-2H3,(H,22,25). The zero-order chi connectivity index (χ0) is 21.0. The van der Waals surface area contributed by atoms with Crippen molar-refractivity contribution in [1.29, 1.82) is 0 Å². The van der Waals surface area contributed by atoms with Gasteiger partial charge in [0.05, 0.1) is 17.1 Å². The van der Waals surface area contributed by atoms with Crippen LogP contribution in [0, 0.1) is 5.92 Å². The summed E-state index contributed by atoms with van der Waals surface area (Å²) in [6, 6.07) is 13.4. The summed E-state index contributed by atoms with van der Waals surface area (Å²) in [5.74, 6) is 0.225. The molecular formula is C21H24N2O5S. The van der Waals surface area contributed by atoms with Crippen LogP contribution in [0.4, 0.5) is 5.69 Å². The van der Waals surface area contributed by atoms with Gasteiger partial charge in [-0.25, -0.2) is 8.42 Å². The molecule has 1 saturated heterocycles. The molecule has 7 nitrogen and oxygen atoms in total. The Morgan fingerprint density at radius 3 is 2.52 bits per heavy atom. The molecule has 0 saturated carbocycles. The van der Waals surface area contributed by atoms with Gasteiger partial charge in [-0.05, 0) is 43.3 Å². The summed E-state index contributed by atoms with van der Waals surface area (Å²) in [7, 11) is -3.51. The fourth-order valence-electron chi connectivity index (χ4n) is 3.37. The third-order valence-corrected chi connectivity index (χ3v) is 5.90. The summed E-state index contributed by atoms with van der Waals surface area (Å²) in [6.07, 6.45) is 1.39. The molecule has 2 aromatic rings. The average Bonchev–Trinajstić information content (AvgIpc) is 3.07. The zero-order valence-electron chi connectivity index (χ0n) is 16.4. The molecule has 1 N–H and O–H groups in total. The van der Waals surface area contributed by atoms with Crippen molar-refractivity contribution >= 4 is 27.3 Å². The quantitative estimate of drug-likeness (QED) is 0.747. The van der Waals surface area contributed by atoms with Crippen molar-refractivity contribution < 1.29 is 22.7 Å². The number of hydrogen-bond donors (Lipinski definition) is 1. The molecule has 29 heavy (non-hydrogen) atoms. The second-order valence-corrected chi connectivity index (χ2v) is 8.96. The molecule has 0 radical (unpaired) electrons.